The Bertz CT molecular complexity index is 315. The Morgan fingerprint density at radius 3 is 3.07 bits per heavy atom. The molecule has 0 spiro atoms. The number of carbonyl (C=O) groups excluding carboxylic acids is 1. The second kappa shape index (κ2) is 5.49. The zero-order chi connectivity index (χ0) is 9.97. The van der Waals surface area contributed by atoms with E-state index in [1.54, 1.807) is 0 Å². The van der Waals surface area contributed by atoms with Crippen LogP contribution in [-0.4, -0.2) is 36.5 Å². The number of rotatable bonds is 1. The van der Waals surface area contributed by atoms with Crippen molar-refractivity contribution in [2.45, 2.75) is 13.0 Å². The van der Waals surface area contributed by atoms with Crippen LogP contribution in [0.5, 0.6) is 0 Å². The standard InChI is InChI=1S/C10H14N2OS.ClH/c1-8-7-11-4-5-12(8)10(13)9-3-2-6-14-9;/h2-3,6,8,11H,4-5,7H2,1H3;1H/t8-;/m1./s1. The van der Waals surface area contributed by atoms with Gasteiger partial charge in [-0.1, -0.05) is 6.07 Å². The third-order valence-electron chi connectivity index (χ3n) is 2.49. The van der Waals surface area contributed by atoms with E-state index in [9.17, 15) is 4.79 Å². The molecular weight excluding hydrogens is 232 g/mol. The maximum absolute atomic E-state index is 12.0. The molecule has 1 aromatic rings. The fraction of sp³-hybridized carbons (Fsp3) is 0.500. The Hall–Kier alpha value is -0.580. The maximum atomic E-state index is 12.0. The van der Waals surface area contributed by atoms with E-state index < -0.39 is 0 Å². The molecular formula is C10H15ClN2OS. The van der Waals surface area contributed by atoms with Crippen molar-refractivity contribution in [1.29, 1.82) is 0 Å². The van der Waals surface area contributed by atoms with Crippen LogP contribution in [0, 0.1) is 0 Å². The molecule has 1 aliphatic rings. The highest BCUT2D eigenvalue weighted by atomic mass is 35.5. The number of piperazine rings is 1. The number of carbonyl (C=O) groups is 1. The van der Waals surface area contributed by atoms with E-state index in [-0.39, 0.29) is 18.3 Å². The summed E-state index contributed by atoms with van der Waals surface area (Å²) < 4.78 is 0. The first-order valence-corrected chi connectivity index (χ1v) is 5.72. The van der Waals surface area contributed by atoms with Gasteiger partial charge in [-0.2, -0.15) is 0 Å². The van der Waals surface area contributed by atoms with Gasteiger partial charge in [-0.25, -0.2) is 0 Å². The number of nitrogens with zero attached hydrogens (tertiary/aromatic N) is 1. The summed E-state index contributed by atoms with van der Waals surface area (Å²) in [6.07, 6.45) is 0. The van der Waals surface area contributed by atoms with E-state index in [1.807, 2.05) is 22.4 Å². The van der Waals surface area contributed by atoms with Crippen molar-refractivity contribution in [3.8, 4) is 0 Å². The van der Waals surface area contributed by atoms with Crippen molar-refractivity contribution in [2.75, 3.05) is 19.6 Å². The summed E-state index contributed by atoms with van der Waals surface area (Å²) in [6, 6.07) is 4.12. The Morgan fingerprint density at radius 2 is 2.47 bits per heavy atom. The zero-order valence-corrected chi connectivity index (χ0v) is 10.2. The van der Waals surface area contributed by atoms with Gasteiger partial charge in [0.15, 0.2) is 0 Å². The highest BCUT2D eigenvalue weighted by molar-refractivity contribution is 7.12. The van der Waals surface area contributed by atoms with E-state index in [0.29, 0.717) is 6.04 Å². The molecule has 3 nitrogen and oxygen atoms in total. The van der Waals surface area contributed by atoms with Crippen molar-refractivity contribution in [2.24, 2.45) is 0 Å². The van der Waals surface area contributed by atoms with Crippen LogP contribution in [0.25, 0.3) is 0 Å². The van der Waals surface area contributed by atoms with E-state index in [1.165, 1.54) is 11.3 Å². The van der Waals surface area contributed by atoms with Crippen LogP contribution in [0.15, 0.2) is 17.5 Å². The molecule has 0 aromatic carbocycles. The van der Waals surface area contributed by atoms with Crippen molar-refractivity contribution in [3.63, 3.8) is 0 Å². The van der Waals surface area contributed by atoms with Gasteiger partial charge in [0.25, 0.3) is 5.91 Å². The van der Waals surface area contributed by atoms with Gasteiger partial charge in [-0.15, -0.1) is 23.7 Å². The predicted octanol–water partition coefficient (Wildman–Crippen LogP) is 1.60. The van der Waals surface area contributed by atoms with Crippen LogP contribution < -0.4 is 5.32 Å². The number of thiophene rings is 1. The minimum atomic E-state index is 0. The van der Waals surface area contributed by atoms with Crippen LogP contribution in [-0.2, 0) is 0 Å². The average Bonchev–Trinajstić information content (AvgIpc) is 2.70. The molecule has 1 atom stereocenters. The molecule has 15 heavy (non-hydrogen) atoms. The van der Waals surface area contributed by atoms with Gasteiger partial charge in [0, 0.05) is 25.7 Å². The molecule has 0 saturated carbocycles. The third kappa shape index (κ3) is 2.71. The summed E-state index contributed by atoms with van der Waals surface area (Å²) in [5.74, 6) is 0.175. The number of hydrogen-bond acceptors (Lipinski definition) is 3. The summed E-state index contributed by atoms with van der Waals surface area (Å²) in [7, 11) is 0. The van der Waals surface area contributed by atoms with E-state index in [4.69, 9.17) is 0 Å². The molecule has 0 bridgehead atoms. The monoisotopic (exact) mass is 246 g/mol. The predicted molar refractivity (Wildman–Crippen MR) is 64.9 cm³/mol. The molecule has 2 heterocycles. The minimum absolute atomic E-state index is 0. The molecule has 0 aliphatic carbocycles. The Labute approximate surface area is 99.9 Å². The summed E-state index contributed by atoms with van der Waals surface area (Å²) >= 11 is 1.52. The van der Waals surface area contributed by atoms with Crippen LogP contribution >= 0.6 is 23.7 Å². The molecule has 84 valence electrons. The van der Waals surface area contributed by atoms with Gasteiger partial charge in [-0.3, -0.25) is 4.79 Å². The zero-order valence-electron chi connectivity index (χ0n) is 8.60. The molecule has 1 amide bonds. The first kappa shape index (κ1) is 12.5. The lowest BCUT2D eigenvalue weighted by atomic mass is 10.2. The van der Waals surface area contributed by atoms with Crippen molar-refractivity contribution >= 4 is 29.7 Å². The number of halogens is 1. The Balaban J connectivity index is 0.00000112. The third-order valence-corrected chi connectivity index (χ3v) is 3.35. The SMILES string of the molecule is C[C@@H]1CNCCN1C(=O)c1cccs1.Cl. The van der Waals surface area contributed by atoms with Gasteiger partial charge in [-0.05, 0) is 18.4 Å². The normalized spacial score (nSPS) is 20.9. The molecule has 1 fully saturated rings. The maximum Gasteiger partial charge on any atom is 0.264 e. The quantitative estimate of drug-likeness (QED) is 0.817. The average molecular weight is 247 g/mol. The van der Waals surface area contributed by atoms with Crippen LogP contribution in [0.4, 0.5) is 0 Å². The van der Waals surface area contributed by atoms with Gasteiger partial charge in [0.2, 0.25) is 0 Å². The molecule has 0 radical (unpaired) electrons. The topological polar surface area (TPSA) is 32.3 Å². The van der Waals surface area contributed by atoms with Crippen molar-refractivity contribution < 1.29 is 4.79 Å². The smallest absolute Gasteiger partial charge is 0.264 e. The van der Waals surface area contributed by atoms with Crippen LogP contribution in [0.1, 0.15) is 16.6 Å². The number of hydrogen-bond donors (Lipinski definition) is 1. The van der Waals surface area contributed by atoms with Gasteiger partial charge >= 0.3 is 0 Å². The number of nitrogens with one attached hydrogen (secondary N) is 1. The van der Waals surface area contributed by atoms with E-state index in [2.05, 4.69) is 12.2 Å². The van der Waals surface area contributed by atoms with Crippen LogP contribution in [0.2, 0.25) is 0 Å². The highest BCUT2D eigenvalue weighted by Crippen LogP contribution is 2.14. The van der Waals surface area contributed by atoms with Crippen LogP contribution in [0.3, 0.4) is 0 Å². The largest absolute Gasteiger partial charge is 0.333 e. The summed E-state index contributed by atoms with van der Waals surface area (Å²) in [5.41, 5.74) is 0. The highest BCUT2D eigenvalue weighted by Gasteiger charge is 2.24. The fourth-order valence-electron chi connectivity index (χ4n) is 1.68. The molecule has 1 saturated heterocycles. The van der Waals surface area contributed by atoms with Crippen molar-refractivity contribution in [1.82, 2.24) is 10.2 Å². The molecule has 1 aromatic heterocycles. The van der Waals surface area contributed by atoms with E-state index >= 15 is 0 Å². The first-order chi connectivity index (χ1) is 6.79. The molecule has 2 rings (SSSR count). The lowest BCUT2D eigenvalue weighted by molar-refractivity contribution is 0.0661. The molecule has 5 heteroatoms. The molecule has 0 unspecified atom stereocenters. The second-order valence-electron chi connectivity index (χ2n) is 3.53. The Kier molecular flexibility index (Phi) is 4.57. The van der Waals surface area contributed by atoms with Crippen molar-refractivity contribution in [3.05, 3.63) is 22.4 Å². The molecule has 1 aliphatic heterocycles. The number of amides is 1. The van der Waals surface area contributed by atoms with Gasteiger partial charge in [0.1, 0.15) is 0 Å². The fourth-order valence-corrected chi connectivity index (χ4v) is 2.36. The van der Waals surface area contributed by atoms with Gasteiger partial charge < -0.3 is 10.2 Å². The minimum Gasteiger partial charge on any atom is -0.333 e. The first-order valence-electron chi connectivity index (χ1n) is 4.84. The summed E-state index contributed by atoms with van der Waals surface area (Å²) in [6.45, 7) is 4.70. The molecule has 1 N–H and O–H groups in total. The Morgan fingerprint density at radius 1 is 1.67 bits per heavy atom. The van der Waals surface area contributed by atoms with E-state index in [0.717, 1.165) is 24.5 Å². The lowest BCUT2D eigenvalue weighted by Gasteiger charge is -2.33. The summed E-state index contributed by atoms with van der Waals surface area (Å²) in [4.78, 5) is 14.8. The summed E-state index contributed by atoms with van der Waals surface area (Å²) in [5, 5.41) is 5.22. The van der Waals surface area contributed by atoms with Gasteiger partial charge in [0.05, 0.1) is 4.88 Å². The second-order valence-corrected chi connectivity index (χ2v) is 4.48. The lowest BCUT2D eigenvalue weighted by Crippen LogP contribution is -2.52.